The molecule has 0 aliphatic rings. The molecule has 0 saturated heterocycles. The van der Waals surface area contributed by atoms with Gasteiger partial charge in [0.15, 0.2) is 4.75 Å². The number of carbonyl (C=O) groups is 6. The average molecular weight is 654 g/mol. The molecule has 0 aromatic carbocycles. The molecule has 0 radical (unpaired) electrons. The van der Waals surface area contributed by atoms with Crippen molar-refractivity contribution in [3.05, 3.63) is 0 Å². The molecule has 0 saturated carbocycles. The van der Waals surface area contributed by atoms with Gasteiger partial charge >= 0.3 is 207 Å². The monoisotopic (exact) mass is 654 g/mol. The Labute approximate surface area is 385 Å². The molecule has 0 fully saturated rings. The third-order valence-electron chi connectivity index (χ3n) is 5.65. The third kappa shape index (κ3) is 11.2. The van der Waals surface area contributed by atoms with Crippen LogP contribution >= 0.6 is 0 Å². The van der Waals surface area contributed by atoms with Gasteiger partial charge in [0.2, 0.25) is 0 Å². The van der Waals surface area contributed by atoms with Crippen LogP contribution in [0.4, 0.5) is 0 Å². The molecule has 2 unspecified atom stereocenters. The number of carbonyl (C=O) groups excluding carboxylic acids is 6. The molecule has 15 nitrogen and oxygen atoms in total. The Hall–Kier alpha value is 3.73. The van der Waals surface area contributed by atoms with E-state index in [1.165, 1.54) is 6.92 Å². The summed E-state index contributed by atoms with van der Waals surface area (Å²) in [7, 11) is -7.16. The predicted octanol–water partition coefficient (Wildman–Crippen LogP) is -29.6. The number of rotatable bonds is 15. The maximum absolute atomic E-state index is 12.2. The maximum atomic E-state index is 12.2. The Bertz CT molecular complexity index is 948. The molecule has 0 amide bonds. The first-order chi connectivity index (χ1) is 14.9. The Morgan fingerprint density at radius 3 is 1.15 bits per heavy atom. The van der Waals surface area contributed by atoms with Gasteiger partial charge in [-0.25, -0.2) is 8.42 Å². The van der Waals surface area contributed by atoms with Crippen LogP contribution in [0.2, 0.25) is 0 Å². The fourth-order valence-corrected chi connectivity index (χ4v) is 5.45. The zero-order chi connectivity index (χ0) is 26.6. The van der Waals surface area contributed by atoms with Gasteiger partial charge in [0.1, 0.15) is 10.1 Å². The fourth-order valence-electron chi connectivity index (χ4n) is 4.23. The molecular formula is C17H17Na7O15S. The van der Waals surface area contributed by atoms with E-state index in [1.807, 2.05) is 0 Å². The quantitative estimate of drug-likeness (QED) is 0.0685. The van der Waals surface area contributed by atoms with Crippen molar-refractivity contribution in [3.63, 3.8) is 0 Å². The van der Waals surface area contributed by atoms with E-state index < -0.39 is 86.7 Å². The largest absolute Gasteiger partial charge is 1.00 e. The van der Waals surface area contributed by atoms with Crippen molar-refractivity contribution in [3.8, 4) is 0 Å². The Morgan fingerprint density at radius 1 is 0.625 bits per heavy atom. The Balaban J connectivity index is -0.000000244. The third-order valence-corrected chi connectivity index (χ3v) is 7.08. The summed E-state index contributed by atoms with van der Waals surface area (Å²) in [5.74, 6) is -23.1. The van der Waals surface area contributed by atoms with Crippen molar-refractivity contribution in [1.29, 1.82) is 0 Å². The van der Waals surface area contributed by atoms with Crippen LogP contribution in [0.15, 0.2) is 0 Å². The van der Waals surface area contributed by atoms with Gasteiger partial charge in [-0.2, -0.15) is 0 Å². The summed E-state index contributed by atoms with van der Waals surface area (Å²) in [5, 5.41) is 71.8. The van der Waals surface area contributed by atoms with E-state index in [0.717, 1.165) is 0 Å². The second-order valence-corrected chi connectivity index (χ2v) is 8.53. The molecule has 0 aromatic heterocycles. The van der Waals surface area contributed by atoms with Crippen molar-refractivity contribution in [2.24, 2.45) is 16.7 Å². The molecule has 0 aliphatic carbocycles. The summed E-state index contributed by atoms with van der Waals surface area (Å²) in [6.45, 7) is 1.90. The van der Waals surface area contributed by atoms with Crippen molar-refractivity contribution >= 4 is 45.9 Å². The molecule has 188 valence electrons. The molecule has 23 heteroatoms. The Kier molecular flexibility index (Phi) is 40.3. The number of unbranched alkanes of at least 4 members (excludes halogenated alkanes) is 2. The number of aliphatic carboxylic acids is 6. The van der Waals surface area contributed by atoms with Gasteiger partial charge in [0, 0.05) is 11.9 Å². The first-order valence-electron chi connectivity index (χ1n) is 9.16. The van der Waals surface area contributed by atoms with E-state index in [4.69, 9.17) is 0 Å². The summed E-state index contributed by atoms with van der Waals surface area (Å²) >= 11 is 0. The van der Waals surface area contributed by atoms with E-state index in [9.17, 15) is 72.4 Å². The minimum Gasteiger partial charge on any atom is -0.747 e. The van der Waals surface area contributed by atoms with Gasteiger partial charge < -0.3 is 64.0 Å². The molecule has 40 heavy (non-hydrogen) atoms. The van der Waals surface area contributed by atoms with Crippen LogP contribution in [0.1, 0.15) is 46.0 Å². The molecule has 0 N–H and O–H groups in total. The van der Waals surface area contributed by atoms with Crippen LogP contribution in [-0.4, -0.2) is 53.5 Å². The molecule has 0 bridgehead atoms. The van der Waals surface area contributed by atoms with Crippen LogP contribution in [0.5, 0.6) is 0 Å². The van der Waals surface area contributed by atoms with E-state index in [-0.39, 0.29) is 213 Å². The number of carboxylic acids is 6. The summed E-state index contributed by atoms with van der Waals surface area (Å²) in [4.78, 5) is 71.8. The topological polar surface area (TPSA) is 298 Å². The predicted molar refractivity (Wildman–Crippen MR) is 85.3 cm³/mol. The van der Waals surface area contributed by atoms with Crippen LogP contribution in [0.3, 0.4) is 0 Å². The standard InChI is InChI=1S/C17H24O15S.7Na/c1-3-5-6-7-8(9(18)19)16(11(22)23,12(24)25)15(4-2,10(20)21)17(13(26)27,14(28)29)33(30,31)32;;;;;;;/h8H,3-7H2,1-2H3,(H,18,19)(H,20,21)(H,22,23)(H,24,25)(H,26,27)(H,28,29)(H,30,31,32);;;;;;;/q;7*+1/p-7. The van der Waals surface area contributed by atoms with Gasteiger partial charge in [-0.05, 0) is 12.8 Å². The second-order valence-electron chi connectivity index (χ2n) is 7.01. The minimum atomic E-state index is -7.16. The first kappa shape index (κ1) is 62.5. The molecular weight excluding hydrogens is 637 g/mol. The number of hydrogen-bond acceptors (Lipinski definition) is 15. The molecule has 2 atom stereocenters. The van der Waals surface area contributed by atoms with E-state index in [1.54, 1.807) is 0 Å². The van der Waals surface area contributed by atoms with Gasteiger partial charge in [-0.15, -0.1) is 0 Å². The van der Waals surface area contributed by atoms with Gasteiger partial charge in [0.25, 0.3) is 0 Å². The summed E-state index contributed by atoms with van der Waals surface area (Å²) in [5.41, 5.74) is -9.78. The first-order valence-corrected chi connectivity index (χ1v) is 10.6. The fraction of sp³-hybridized carbons (Fsp3) is 0.647. The second kappa shape index (κ2) is 25.8. The maximum Gasteiger partial charge on any atom is 1.00 e. The van der Waals surface area contributed by atoms with E-state index in [0.29, 0.717) is 13.3 Å². The van der Waals surface area contributed by atoms with Crippen molar-refractivity contribution < 1.29 is 279 Å². The molecule has 0 heterocycles. The van der Waals surface area contributed by atoms with Crippen molar-refractivity contribution in [2.45, 2.75) is 50.7 Å². The summed E-state index contributed by atoms with van der Waals surface area (Å²) < 4.78 is 30.2. The molecule has 0 spiro atoms. The average Bonchev–Trinajstić information content (AvgIpc) is 2.63. The summed E-state index contributed by atoms with van der Waals surface area (Å²) in [6.07, 6.45) is -3.13. The molecule has 0 aromatic rings. The number of hydrogen-bond donors (Lipinski definition) is 0. The smallest absolute Gasteiger partial charge is 0.747 e. The van der Waals surface area contributed by atoms with Crippen molar-refractivity contribution in [1.82, 2.24) is 0 Å². The zero-order valence-electron chi connectivity index (χ0n) is 24.1. The molecule has 0 rings (SSSR count). The van der Waals surface area contributed by atoms with Crippen LogP contribution in [0, 0.1) is 16.7 Å². The van der Waals surface area contributed by atoms with Crippen LogP contribution < -0.4 is 238 Å². The normalized spacial score (nSPS) is 12.5. The van der Waals surface area contributed by atoms with Crippen molar-refractivity contribution in [2.75, 3.05) is 0 Å². The van der Waals surface area contributed by atoms with E-state index in [2.05, 4.69) is 0 Å². The number of carboxylic acid groups (broad SMARTS) is 6. The van der Waals surface area contributed by atoms with Gasteiger partial charge in [0.05, 0.1) is 40.7 Å². The zero-order valence-corrected chi connectivity index (χ0v) is 39.0. The SMILES string of the molecule is CCCCCC(C(=O)[O-])C(C(=O)[O-])(C(=O)[O-])C(CC)(C(=O)[O-])C(C(=O)[O-])(C(=O)[O-])S(=O)(=O)[O-].[Na+].[Na+].[Na+].[Na+].[Na+].[Na+].[Na+]. The summed E-state index contributed by atoms with van der Waals surface area (Å²) in [6, 6.07) is 0. The Morgan fingerprint density at radius 2 is 0.975 bits per heavy atom. The van der Waals surface area contributed by atoms with Crippen LogP contribution in [0.25, 0.3) is 0 Å². The molecule has 0 aliphatic heterocycles. The van der Waals surface area contributed by atoms with Crippen LogP contribution in [-0.2, 0) is 38.9 Å². The minimum absolute atomic E-state index is 0. The van der Waals surface area contributed by atoms with Gasteiger partial charge in [-0.3, -0.25) is 0 Å². The van der Waals surface area contributed by atoms with Gasteiger partial charge in [-0.1, -0.05) is 33.1 Å². The van der Waals surface area contributed by atoms with E-state index >= 15 is 0 Å².